The summed E-state index contributed by atoms with van der Waals surface area (Å²) in [7, 11) is 0. The van der Waals surface area contributed by atoms with Crippen LogP contribution in [0, 0.1) is 11.3 Å². The van der Waals surface area contributed by atoms with E-state index in [9.17, 15) is 4.79 Å². The van der Waals surface area contributed by atoms with E-state index in [4.69, 9.17) is 11.6 Å². The summed E-state index contributed by atoms with van der Waals surface area (Å²) in [5.41, 5.74) is 0.335. The van der Waals surface area contributed by atoms with Crippen LogP contribution in [0.4, 0.5) is 0 Å². The lowest BCUT2D eigenvalue weighted by Gasteiger charge is -2.23. The molecule has 3 rings (SSSR count). The Kier molecular flexibility index (Phi) is 3.83. The molecule has 1 saturated carbocycles. The molecule has 1 aromatic heterocycles. The second-order valence-electron chi connectivity index (χ2n) is 5.62. The van der Waals surface area contributed by atoms with Gasteiger partial charge in [-0.3, -0.25) is 4.79 Å². The summed E-state index contributed by atoms with van der Waals surface area (Å²) in [4.78, 5) is 13.4. The van der Waals surface area contributed by atoms with E-state index < -0.39 is 0 Å². The van der Waals surface area contributed by atoms with E-state index in [2.05, 4.69) is 10.6 Å². The fourth-order valence-corrected chi connectivity index (χ4v) is 4.20. The van der Waals surface area contributed by atoms with Crippen LogP contribution in [0.2, 0.25) is 4.34 Å². The third-order valence-electron chi connectivity index (χ3n) is 4.41. The summed E-state index contributed by atoms with van der Waals surface area (Å²) in [5, 5.41) is 6.44. The first-order chi connectivity index (χ1) is 9.20. The highest BCUT2D eigenvalue weighted by molar-refractivity contribution is 7.16. The Labute approximate surface area is 122 Å². The molecule has 19 heavy (non-hydrogen) atoms. The number of piperidine rings is 1. The molecule has 1 saturated heterocycles. The zero-order chi connectivity index (χ0) is 13.3. The van der Waals surface area contributed by atoms with Crippen molar-refractivity contribution < 1.29 is 4.79 Å². The zero-order valence-corrected chi connectivity index (χ0v) is 12.4. The first kappa shape index (κ1) is 13.4. The number of amides is 1. The van der Waals surface area contributed by atoms with Gasteiger partial charge in [-0.2, -0.15) is 0 Å². The second kappa shape index (κ2) is 5.43. The molecule has 0 bridgehead atoms. The molecule has 2 N–H and O–H groups in total. The minimum atomic E-state index is 0.254. The van der Waals surface area contributed by atoms with Crippen molar-refractivity contribution in [3.63, 3.8) is 0 Å². The largest absolute Gasteiger partial charge is 0.355 e. The highest BCUT2D eigenvalue weighted by atomic mass is 35.5. The van der Waals surface area contributed by atoms with Gasteiger partial charge < -0.3 is 10.6 Å². The molecule has 1 aliphatic heterocycles. The third kappa shape index (κ3) is 2.96. The van der Waals surface area contributed by atoms with E-state index in [1.807, 2.05) is 12.1 Å². The van der Waals surface area contributed by atoms with Crippen molar-refractivity contribution >= 4 is 28.8 Å². The van der Waals surface area contributed by atoms with E-state index >= 15 is 0 Å². The number of halogens is 1. The number of carbonyl (C=O) groups is 1. The Morgan fingerprint density at radius 3 is 2.95 bits per heavy atom. The molecule has 2 aliphatic rings. The fraction of sp³-hybridized carbons (Fsp3) is 0.643. The minimum Gasteiger partial charge on any atom is -0.355 e. The smallest absolute Gasteiger partial charge is 0.223 e. The molecule has 0 radical (unpaired) electrons. The van der Waals surface area contributed by atoms with Gasteiger partial charge in [-0.15, -0.1) is 11.3 Å². The molecule has 3 nitrogen and oxygen atoms in total. The molecule has 1 aliphatic carbocycles. The summed E-state index contributed by atoms with van der Waals surface area (Å²) in [6.45, 7) is 2.86. The SMILES string of the molecule is O=C(NCCc1ccc(Cl)s1)C1CC12CCNCC2. The first-order valence-corrected chi connectivity index (χ1v) is 8.12. The molecule has 1 atom stereocenters. The Morgan fingerprint density at radius 2 is 2.26 bits per heavy atom. The number of hydrogen-bond donors (Lipinski definition) is 2. The van der Waals surface area contributed by atoms with E-state index in [-0.39, 0.29) is 11.8 Å². The van der Waals surface area contributed by atoms with E-state index in [1.54, 1.807) is 11.3 Å². The van der Waals surface area contributed by atoms with Gasteiger partial charge in [0.05, 0.1) is 4.34 Å². The molecule has 0 aromatic carbocycles. The minimum absolute atomic E-state index is 0.254. The maximum Gasteiger partial charge on any atom is 0.223 e. The van der Waals surface area contributed by atoms with E-state index in [1.165, 1.54) is 4.88 Å². The quantitative estimate of drug-likeness (QED) is 0.896. The van der Waals surface area contributed by atoms with Gasteiger partial charge in [-0.1, -0.05) is 11.6 Å². The topological polar surface area (TPSA) is 41.1 Å². The zero-order valence-electron chi connectivity index (χ0n) is 10.9. The van der Waals surface area contributed by atoms with Gasteiger partial charge in [-0.25, -0.2) is 0 Å². The van der Waals surface area contributed by atoms with Gasteiger partial charge in [-0.05, 0) is 56.3 Å². The van der Waals surface area contributed by atoms with Crippen molar-refractivity contribution in [2.75, 3.05) is 19.6 Å². The van der Waals surface area contributed by atoms with Gasteiger partial charge in [0.15, 0.2) is 0 Å². The highest BCUT2D eigenvalue weighted by Crippen LogP contribution is 2.58. The molecular formula is C14H19ClN2OS. The standard InChI is InChI=1S/C14H19ClN2OS/c15-12-2-1-10(19-12)3-6-17-13(18)11-9-14(11)4-7-16-8-5-14/h1-2,11,16H,3-9H2,(H,17,18). The van der Waals surface area contributed by atoms with Crippen molar-refractivity contribution in [1.82, 2.24) is 10.6 Å². The Hall–Kier alpha value is -0.580. The molecule has 1 unspecified atom stereocenters. The molecular weight excluding hydrogens is 280 g/mol. The predicted octanol–water partition coefficient (Wildman–Crippen LogP) is 2.45. The summed E-state index contributed by atoms with van der Waals surface area (Å²) in [5.74, 6) is 0.520. The van der Waals surface area contributed by atoms with Gasteiger partial charge in [0.2, 0.25) is 5.91 Å². The monoisotopic (exact) mass is 298 g/mol. The number of hydrogen-bond acceptors (Lipinski definition) is 3. The molecule has 1 amide bonds. The summed E-state index contributed by atoms with van der Waals surface area (Å²) in [6.07, 6.45) is 4.28. The summed E-state index contributed by atoms with van der Waals surface area (Å²) in [6, 6.07) is 3.94. The van der Waals surface area contributed by atoms with Crippen molar-refractivity contribution in [2.24, 2.45) is 11.3 Å². The van der Waals surface area contributed by atoms with Gasteiger partial charge in [0.25, 0.3) is 0 Å². The summed E-state index contributed by atoms with van der Waals surface area (Å²) < 4.78 is 0.817. The molecule has 1 aromatic rings. The van der Waals surface area contributed by atoms with Crippen LogP contribution in [-0.4, -0.2) is 25.5 Å². The summed E-state index contributed by atoms with van der Waals surface area (Å²) >= 11 is 7.48. The van der Waals surface area contributed by atoms with Gasteiger partial charge in [0, 0.05) is 17.3 Å². The Bertz CT molecular complexity index is 468. The van der Waals surface area contributed by atoms with E-state index in [0.717, 1.165) is 49.7 Å². The van der Waals surface area contributed by atoms with Crippen LogP contribution in [0.25, 0.3) is 0 Å². The normalized spacial score (nSPS) is 24.4. The van der Waals surface area contributed by atoms with Crippen LogP contribution in [0.1, 0.15) is 24.1 Å². The Morgan fingerprint density at radius 1 is 1.47 bits per heavy atom. The van der Waals surface area contributed by atoms with Gasteiger partial charge in [0.1, 0.15) is 0 Å². The van der Waals surface area contributed by atoms with Crippen LogP contribution in [-0.2, 0) is 11.2 Å². The van der Waals surface area contributed by atoms with E-state index in [0.29, 0.717) is 5.41 Å². The molecule has 1 spiro atoms. The maximum atomic E-state index is 12.1. The molecule has 2 heterocycles. The number of thiophene rings is 1. The predicted molar refractivity (Wildman–Crippen MR) is 78.7 cm³/mol. The molecule has 5 heteroatoms. The van der Waals surface area contributed by atoms with Crippen LogP contribution < -0.4 is 10.6 Å². The van der Waals surface area contributed by atoms with Crippen LogP contribution in [0.3, 0.4) is 0 Å². The van der Waals surface area contributed by atoms with Crippen molar-refractivity contribution in [3.05, 3.63) is 21.3 Å². The molecule has 104 valence electrons. The van der Waals surface area contributed by atoms with Crippen molar-refractivity contribution in [2.45, 2.75) is 25.7 Å². The van der Waals surface area contributed by atoms with Crippen LogP contribution in [0.15, 0.2) is 12.1 Å². The van der Waals surface area contributed by atoms with Crippen LogP contribution >= 0.6 is 22.9 Å². The van der Waals surface area contributed by atoms with Gasteiger partial charge >= 0.3 is 0 Å². The average molecular weight is 299 g/mol. The second-order valence-corrected chi connectivity index (χ2v) is 7.42. The highest BCUT2D eigenvalue weighted by Gasteiger charge is 2.57. The average Bonchev–Trinajstić information content (AvgIpc) is 2.93. The lowest BCUT2D eigenvalue weighted by molar-refractivity contribution is -0.123. The number of carbonyl (C=O) groups excluding carboxylic acids is 1. The van der Waals surface area contributed by atoms with Crippen LogP contribution in [0.5, 0.6) is 0 Å². The maximum absolute atomic E-state index is 12.1. The van der Waals surface area contributed by atoms with Crippen molar-refractivity contribution in [3.8, 4) is 0 Å². The number of nitrogens with one attached hydrogen (secondary N) is 2. The fourth-order valence-electron chi connectivity index (χ4n) is 3.11. The lowest BCUT2D eigenvalue weighted by Crippen LogP contribution is -2.34. The number of rotatable bonds is 4. The Balaban J connectivity index is 1.43. The third-order valence-corrected chi connectivity index (χ3v) is 5.70. The van der Waals surface area contributed by atoms with Crippen molar-refractivity contribution in [1.29, 1.82) is 0 Å². The first-order valence-electron chi connectivity index (χ1n) is 6.92. The lowest BCUT2D eigenvalue weighted by atomic mass is 9.92. The molecule has 2 fully saturated rings.